The molecule has 0 bridgehead atoms. The fourth-order valence-corrected chi connectivity index (χ4v) is 1.34. The van der Waals surface area contributed by atoms with E-state index in [4.69, 9.17) is 16.6 Å². The Morgan fingerprint density at radius 2 is 2.21 bits per heavy atom. The normalized spacial score (nSPS) is 12.4. The third-order valence-corrected chi connectivity index (χ3v) is 1.90. The predicted octanol–water partition coefficient (Wildman–Crippen LogP) is 0.857. The molecule has 1 rings (SSSR count). The molecule has 5 N–H and O–H groups in total. The van der Waals surface area contributed by atoms with Gasteiger partial charge in [0.05, 0.1) is 5.56 Å². The summed E-state index contributed by atoms with van der Waals surface area (Å²) in [6, 6.07) is 4.67. The van der Waals surface area contributed by atoms with Crippen molar-refractivity contribution in [2.75, 3.05) is 5.73 Å². The summed E-state index contributed by atoms with van der Waals surface area (Å²) in [7, 11) is 0. The number of nitrogens with two attached hydrogens (primary N) is 2. The minimum absolute atomic E-state index is 0.0742. The Labute approximate surface area is 82.5 Å². The smallest absolute Gasteiger partial charge is 0.335 e. The Hall–Kier alpha value is -1.55. The molecule has 1 aromatic rings. The number of carboxylic acid groups (broad SMARTS) is 1. The highest BCUT2D eigenvalue weighted by atomic mass is 16.4. The van der Waals surface area contributed by atoms with Gasteiger partial charge in [-0.2, -0.15) is 0 Å². The van der Waals surface area contributed by atoms with Crippen LogP contribution in [-0.4, -0.2) is 17.1 Å². The van der Waals surface area contributed by atoms with Crippen LogP contribution in [-0.2, 0) is 6.42 Å². The number of anilines is 1. The molecule has 1 unspecified atom stereocenters. The zero-order valence-electron chi connectivity index (χ0n) is 8.03. The van der Waals surface area contributed by atoms with Crippen LogP contribution in [0, 0.1) is 0 Å². The van der Waals surface area contributed by atoms with Crippen LogP contribution in [0.1, 0.15) is 22.8 Å². The van der Waals surface area contributed by atoms with Crippen molar-refractivity contribution in [3.05, 3.63) is 29.3 Å². The number of nitrogen functional groups attached to an aromatic ring is 1. The van der Waals surface area contributed by atoms with Gasteiger partial charge in [0.1, 0.15) is 0 Å². The summed E-state index contributed by atoms with van der Waals surface area (Å²) in [5.41, 5.74) is 12.7. The monoisotopic (exact) mass is 194 g/mol. The molecule has 14 heavy (non-hydrogen) atoms. The fraction of sp³-hybridized carbons (Fsp3) is 0.300. The quantitative estimate of drug-likeness (QED) is 0.622. The molecule has 0 aliphatic heterocycles. The first kappa shape index (κ1) is 10.5. The molecule has 0 fully saturated rings. The lowest BCUT2D eigenvalue weighted by Gasteiger charge is -2.09. The summed E-state index contributed by atoms with van der Waals surface area (Å²) >= 11 is 0. The van der Waals surface area contributed by atoms with Crippen molar-refractivity contribution in [1.29, 1.82) is 0 Å². The van der Waals surface area contributed by atoms with Gasteiger partial charge in [0.15, 0.2) is 0 Å². The molecule has 4 nitrogen and oxygen atoms in total. The second kappa shape index (κ2) is 4.11. The number of benzene rings is 1. The zero-order chi connectivity index (χ0) is 10.7. The molecule has 0 radical (unpaired) electrons. The van der Waals surface area contributed by atoms with Gasteiger partial charge in [-0.25, -0.2) is 4.79 Å². The zero-order valence-corrected chi connectivity index (χ0v) is 8.03. The third kappa shape index (κ3) is 2.47. The largest absolute Gasteiger partial charge is 0.478 e. The molecule has 0 spiro atoms. The lowest BCUT2D eigenvalue weighted by molar-refractivity contribution is 0.0695. The molecular weight excluding hydrogens is 180 g/mol. The molecule has 0 aromatic heterocycles. The first-order valence-electron chi connectivity index (χ1n) is 4.38. The van der Waals surface area contributed by atoms with Gasteiger partial charge in [-0.15, -0.1) is 0 Å². The van der Waals surface area contributed by atoms with E-state index in [0.717, 1.165) is 0 Å². The Bertz CT molecular complexity index is 348. The summed E-state index contributed by atoms with van der Waals surface area (Å²) < 4.78 is 0. The molecule has 1 atom stereocenters. The van der Waals surface area contributed by atoms with E-state index in [1.165, 1.54) is 6.07 Å². The predicted molar refractivity (Wildman–Crippen MR) is 55.2 cm³/mol. The van der Waals surface area contributed by atoms with Crippen LogP contribution in [0.15, 0.2) is 18.2 Å². The van der Waals surface area contributed by atoms with E-state index in [9.17, 15) is 4.79 Å². The van der Waals surface area contributed by atoms with E-state index in [0.29, 0.717) is 17.7 Å². The Morgan fingerprint density at radius 1 is 1.57 bits per heavy atom. The molecule has 4 heteroatoms. The van der Waals surface area contributed by atoms with E-state index in [1.54, 1.807) is 12.1 Å². The molecule has 0 aliphatic rings. The van der Waals surface area contributed by atoms with Crippen LogP contribution in [0.4, 0.5) is 5.69 Å². The topological polar surface area (TPSA) is 89.3 Å². The molecular formula is C10H14N2O2. The number of carbonyl (C=O) groups is 1. The van der Waals surface area contributed by atoms with Gasteiger partial charge in [-0.1, -0.05) is 0 Å². The van der Waals surface area contributed by atoms with Crippen molar-refractivity contribution in [1.82, 2.24) is 0 Å². The van der Waals surface area contributed by atoms with E-state index in [1.807, 2.05) is 6.92 Å². The summed E-state index contributed by atoms with van der Waals surface area (Å²) in [6.07, 6.45) is 0.521. The van der Waals surface area contributed by atoms with Gasteiger partial charge in [0.25, 0.3) is 0 Å². The summed E-state index contributed by atoms with van der Waals surface area (Å²) in [5, 5.41) is 8.89. The molecule has 76 valence electrons. The second-order valence-electron chi connectivity index (χ2n) is 3.40. The standard InChI is InChI=1S/C10H14N2O2/c1-6(11)4-7-5-8(12)2-3-9(7)10(13)14/h2-3,5-6H,4,11-12H2,1H3,(H,13,14). The number of hydrogen-bond acceptors (Lipinski definition) is 3. The van der Waals surface area contributed by atoms with E-state index >= 15 is 0 Å². The maximum Gasteiger partial charge on any atom is 0.335 e. The average Bonchev–Trinajstić information content (AvgIpc) is 2.01. The lowest BCUT2D eigenvalue weighted by atomic mass is 10.0. The first-order chi connectivity index (χ1) is 6.50. The number of rotatable bonds is 3. The van der Waals surface area contributed by atoms with Gasteiger partial charge in [-0.3, -0.25) is 0 Å². The SMILES string of the molecule is CC(N)Cc1cc(N)ccc1C(=O)O. The van der Waals surface area contributed by atoms with Crippen molar-refractivity contribution >= 4 is 11.7 Å². The van der Waals surface area contributed by atoms with Crippen LogP contribution in [0.3, 0.4) is 0 Å². The molecule has 0 saturated heterocycles. The molecule has 0 heterocycles. The third-order valence-electron chi connectivity index (χ3n) is 1.90. The Balaban J connectivity index is 3.09. The van der Waals surface area contributed by atoms with Gasteiger partial charge < -0.3 is 16.6 Å². The van der Waals surface area contributed by atoms with Crippen LogP contribution in [0.2, 0.25) is 0 Å². The molecule has 0 saturated carbocycles. The summed E-state index contributed by atoms with van der Waals surface area (Å²) in [5.74, 6) is -0.944. The van der Waals surface area contributed by atoms with Gasteiger partial charge in [0, 0.05) is 11.7 Å². The fourth-order valence-electron chi connectivity index (χ4n) is 1.34. The highest BCUT2D eigenvalue weighted by Crippen LogP contribution is 2.15. The molecule has 1 aromatic carbocycles. The van der Waals surface area contributed by atoms with Crippen molar-refractivity contribution in [3.63, 3.8) is 0 Å². The Morgan fingerprint density at radius 3 is 2.71 bits per heavy atom. The summed E-state index contributed by atoms with van der Waals surface area (Å²) in [6.45, 7) is 1.83. The maximum absolute atomic E-state index is 10.8. The number of hydrogen-bond donors (Lipinski definition) is 3. The number of aromatic carboxylic acids is 1. The highest BCUT2D eigenvalue weighted by molar-refractivity contribution is 5.90. The average molecular weight is 194 g/mol. The maximum atomic E-state index is 10.8. The van der Waals surface area contributed by atoms with Gasteiger partial charge in [-0.05, 0) is 37.1 Å². The van der Waals surface area contributed by atoms with Crippen LogP contribution >= 0.6 is 0 Å². The second-order valence-corrected chi connectivity index (χ2v) is 3.40. The van der Waals surface area contributed by atoms with E-state index < -0.39 is 5.97 Å². The molecule has 0 aliphatic carbocycles. The number of carboxylic acids is 1. The first-order valence-corrected chi connectivity index (χ1v) is 4.38. The van der Waals surface area contributed by atoms with E-state index in [2.05, 4.69) is 0 Å². The Kier molecular flexibility index (Phi) is 3.09. The minimum Gasteiger partial charge on any atom is -0.478 e. The van der Waals surface area contributed by atoms with Gasteiger partial charge >= 0.3 is 5.97 Å². The van der Waals surface area contributed by atoms with Crippen LogP contribution in [0.5, 0.6) is 0 Å². The lowest BCUT2D eigenvalue weighted by Crippen LogP contribution is -2.19. The van der Waals surface area contributed by atoms with E-state index in [-0.39, 0.29) is 11.6 Å². The molecule has 0 amide bonds. The van der Waals surface area contributed by atoms with Crippen molar-refractivity contribution in [2.45, 2.75) is 19.4 Å². The van der Waals surface area contributed by atoms with Crippen LogP contribution in [0.25, 0.3) is 0 Å². The van der Waals surface area contributed by atoms with Gasteiger partial charge in [0.2, 0.25) is 0 Å². The van der Waals surface area contributed by atoms with Crippen molar-refractivity contribution in [2.24, 2.45) is 5.73 Å². The summed E-state index contributed by atoms with van der Waals surface area (Å²) in [4.78, 5) is 10.8. The van der Waals surface area contributed by atoms with Crippen molar-refractivity contribution < 1.29 is 9.90 Å². The minimum atomic E-state index is -0.944. The van der Waals surface area contributed by atoms with Crippen molar-refractivity contribution in [3.8, 4) is 0 Å². The highest BCUT2D eigenvalue weighted by Gasteiger charge is 2.11. The van der Waals surface area contributed by atoms with Crippen LogP contribution < -0.4 is 11.5 Å².